The predicted octanol–water partition coefficient (Wildman–Crippen LogP) is 3.86. The van der Waals surface area contributed by atoms with E-state index in [2.05, 4.69) is 65.8 Å². The van der Waals surface area contributed by atoms with Crippen molar-refractivity contribution in [3.05, 3.63) is 41.5 Å². The second-order valence-electron chi connectivity index (χ2n) is 8.63. The van der Waals surface area contributed by atoms with E-state index in [0.717, 1.165) is 21.9 Å². The topological polar surface area (TPSA) is 53.6 Å². The molecule has 3 rings (SSSR count). The molecule has 24 heavy (non-hydrogen) atoms. The maximum Gasteiger partial charge on any atom is 0.492 e. The van der Waals surface area contributed by atoms with E-state index in [9.17, 15) is 10.0 Å². The van der Waals surface area contributed by atoms with Crippen molar-refractivity contribution < 1.29 is 14.5 Å². The first kappa shape index (κ1) is 17.1. The van der Waals surface area contributed by atoms with Crippen LogP contribution in [0.3, 0.4) is 0 Å². The molecule has 0 aliphatic heterocycles. The highest BCUT2D eigenvalue weighted by molar-refractivity contribution is 6.61. The van der Waals surface area contributed by atoms with E-state index < -0.39 is 7.12 Å². The van der Waals surface area contributed by atoms with Crippen molar-refractivity contribution in [2.75, 3.05) is 0 Å². The number of hydrogen-bond donors (Lipinski definition) is 2. The van der Waals surface area contributed by atoms with Crippen LogP contribution >= 0.6 is 0 Å². The van der Waals surface area contributed by atoms with Gasteiger partial charge in [-0.25, -0.2) is 0 Å². The molecule has 0 spiro atoms. The van der Waals surface area contributed by atoms with Crippen LogP contribution in [0.25, 0.3) is 21.9 Å². The minimum absolute atomic E-state index is 0.0308. The lowest BCUT2D eigenvalue weighted by molar-refractivity contribution is 0.425. The Hall–Kier alpha value is -1.78. The molecule has 0 atom stereocenters. The Bertz CT molecular complexity index is 908. The molecule has 1 heterocycles. The van der Waals surface area contributed by atoms with E-state index in [1.54, 1.807) is 0 Å². The molecular formula is C20H25BO3. The zero-order valence-corrected chi connectivity index (χ0v) is 15.3. The third kappa shape index (κ3) is 2.85. The Morgan fingerprint density at radius 1 is 0.792 bits per heavy atom. The Labute approximate surface area is 143 Å². The lowest BCUT2D eigenvalue weighted by Gasteiger charge is -2.20. The van der Waals surface area contributed by atoms with Crippen molar-refractivity contribution in [3.63, 3.8) is 0 Å². The molecule has 0 aliphatic rings. The summed E-state index contributed by atoms with van der Waals surface area (Å²) in [5, 5.41) is 21.6. The van der Waals surface area contributed by atoms with Crippen molar-refractivity contribution in [1.29, 1.82) is 0 Å². The van der Waals surface area contributed by atoms with Gasteiger partial charge in [0.15, 0.2) is 0 Å². The highest BCUT2D eigenvalue weighted by Crippen LogP contribution is 2.34. The molecule has 0 radical (unpaired) electrons. The van der Waals surface area contributed by atoms with Crippen LogP contribution in [-0.4, -0.2) is 17.2 Å². The van der Waals surface area contributed by atoms with Crippen molar-refractivity contribution >= 4 is 34.5 Å². The molecular weight excluding hydrogens is 299 g/mol. The van der Waals surface area contributed by atoms with Crippen molar-refractivity contribution in [3.8, 4) is 0 Å². The molecule has 0 saturated carbocycles. The van der Waals surface area contributed by atoms with E-state index in [1.165, 1.54) is 5.56 Å². The quantitative estimate of drug-likeness (QED) is 0.668. The third-order valence-corrected chi connectivity index (χ3v) is 4.61. The van der Waals surface area contributed by atoms with Crippen LogP contribution in [0.2, 0.25) is 0 Å². The number of benzene rings is 2. The predicted molar refractivity (Wildman–Crippen MR) is 101 cm³/mol. The van der Waals surface area contributed by atoms with Crippen LogP contribution in [0.1, 0.15) is 52.7 Å². The fourth-order valence-corrected chi connectivity index (χ4v) is 3.00. The third-order valence-electron chi connectivity index (χ3n) is 4.61. The van der Waals surface area contributed by atoms with E-state index >= 15 is 0 Å². The van der Waals surface area contributed by atoms with Gasteiger partial charge in [-0.2, -0.15) is 0 Å². The van der Waals surface area contributed by atoms with E-state index in [1.807, 2.05) is 6.07 Å². The molecule has 0 aliphatic carbocycles. The second-order valence-corrected chi connectivity index (χ2v) is 8.63. The van der Waals surface area contributed by atoms with Gasteiger partial charge in [0, 0.05) is 16.2 Å². The molecule has 1 aromatic heterocycles. The van der Waals surface area contributed by atoms with Crippen LogP contribution in [0.5, 0.6) is 0 Å². The van der Waals surface area contributed by atoms with E-state index in [4.69, 9.17) is 4.42 Å². The Kier molecular flexibility index (Phi) is 3.81. The summed E-state index contributed by atoms with van der Waals surface area (Å²) < 4.78 is 6.03. The number of rotatable bonds is 1. The van der Waals surface area contributed by atoms with Gasteiger partial charge in [-0.1, -0.05) is 59.7 Å². The highest BCUT2D eigenvalue weighted by Gasteiger charge is 2.25. The van der Waals surface area contributed by atoms with Crippen LogP contribution in [0.4, 0.5) is 0 Å². The molecule has 126 valence electrons. The standard InChI is InChI=1S/C20H25BO3/c1-19(2,3)12-7-8-14-15-9-13(20(4,5)6)10-16(21(22)23)18(15)24-17(14)11-12/h7-11,22-23H,1-6H3. The van der Waals surface area contributed by atoms with E-state index in [0.29, 0.717) is 11.0 Å². The smallest absolute Gasteiger partial charge is 0.456 e. The molecule has 0 bridgehead atoms. The second kappa shape index (κ2) is 5.37. The van der Waals surface area contributed by atoms with Crippen molar-refractivity contribution in [2.24, 2.45) is 0 Å². The lowest BCUT2D eigenvalue weighted by Crippen LogP contribution is -2.31. The molecule has 0 fully saturated rings. The monoisotopic (exact) mass is 324 g/mol. The normalized spacial score (nSPS) is 13.0. The Morgan fingerprint density at radius 3 is 1.96 bits per heavy atom. The van der Waals surface area contributed by atoms with Gasteiger partial charge in [-0.3, -0.25) is 0 Å². The van der Waals surface area contributed by atoms with Gasteiger partial charge in [-0.15, -0.1) is 0 Å². The Balaban J connectivity index is 2.37. The summed E-state index contributed by atoms with van der Waals surface area (Å²) in [5.41, 5.74) is 3.95. The number of fused-ring (bicyclic) bond motifs is 3. The molecule has 4 heteroatoms. The Morgan fingerprint density at radius 2 is 1.42 bits per heavy atom. The molecule has 2 N–H and O–H groups in total. The number of furan rings is 1. The van der Waals surface area contributed by atoms with Gasteiger partial charge in [0.25, 0.3) is 0 Å². The summed E-state index contributed by atoms with van der Waals surface area (Å²) >= 11 is 0. The first-order valence-electron chi connectivity index (χ1n) is 8.36. The molecule has 0 unspecified atom stereocenters. The van der Waals surface area contributed by atoms with Crippen molar-refractivity contribution in [1.82, 2.24) is 0 Å². The summed E-state index contributed by atoms with van der Waals surface area (Å²) in [5.74, 6) is 0. The van der Waals surface area contributed by atoms with Crippen LogP contribution in [-0.2, 0) is 10.8 Å². The zero-order valence-electron chi connectivity index (χ0n) is 15.3. The summed E-state index contributed by atoms with van der Waals surface area (Å²) in [7, 11) is -1.56. The fourth-order valence-electron chi connectivity index (χ4n) is 3.00. The first-order chi connectivity index (χ1) is 11.0. The van der Waals surface area contributed by atoms with Gasteiger partial charge in [0.2, 0.25) is 0 Å². The van der Waals surface area contributed by atoms with Gasteiger partial charge in [-0.05, 0) is 34.1 Å². The fraction of sp³-hybridized carbons (Fsp3) is 0.400. The molecule has 2 aromatic carbocycles. The summed E-state index contributed by atoms with van der Waals surface area (Å²) in [4.78, 5) is 0. The first-order valence-corrected chi connectivity index (χ1v) is 8.36. The maximum absolute atomic E-state index is 9.82. The average Bonchev–Trinajstić information content (AvgIpc) is 2.81. The van der Waals surface area contributed by atoms with Crippen LogP contribution < -0.4 is 5.46 Å². The lowest BCUT2D eigenvalue weighted by atomic mass is 9.75. The SMILES string of the molecule is CC(C)(C)c1ccc2c(c1)oc1c(B(O)O)cc(C(C)(C)C)cc12. The molecule has 0 saturated heterocycles. The zero-order chi connectivity index (χ0) is 17.9. The van der Waals surface area contributed by atoms with Gasteiger partial charge < -0.3 is 14.5 Å². The maximum atomic E-state index is 9.82. The summed E-state index contributed by atoms with van der Waals surface area (Å²) in [6.45, 7) is 12.8. The highest BCUT2D eigenvalue weighted by atomic mass is 16.4. The van der Waals surface area contributed by atoms with Crippen LogP contribution in [0.15, 0.2) is 34.7 Å². The van der Waals surface area contributed by atoms with E-state index in [-0.39, 0.29) is 10.8 Å². The molecule has 3 nitrogen and oxygen atoms in total. The van der Waals surface area contributed by atoms with Crippen molar-refractivity contribution in [2.45, 2.75) is 52.4 Å². The largest absolute Gasteiger partial charge is 0.492 e. The average molecular weight is 324 g/mol. The van der Waals surface area contributed by atoms with Gasteiger partial charge in [0.1, 0.15) is 11.2 Å². The number of hydrogen-bond acceptors (Lipinski definition) is 3. The van der Waals surface area contributed by atoms with Gasteiger partial charge in [0.05, 0.1) is 0 Å². The molecule has 3 aromatic rings. The minimum atomic E-state index is -1.56. The van der Waals surface area contributed by atoms with Crippen LogP contribution in [0, 0.1) is 0 Å². The molecule has 0 amide bonds. The van der Waals surface area contributed by atoms with Gasteiger partial charge >= 0.3 is 7.12 Å². The minimum Gasteiger partial charge on any atom is -0.456 e. The summed E-state index contributed by atoms with van der Waals surface area (Å²) in [6, 6.07) is 10.2. The summed E-state index contributed by atoms with van der Waals surface area (Å²) in [6.07, 6.45) is 0.